The molecule has 0 spiro atoms. The molecule has 2 aliphatic rings. The molecule has 280 valence electrons. The van der Waals surface area contributed by atoms with Crippen LogP contribution in [-0.2, 0) is 32.1 Å². The first-order valence-corrected chi connectivity index (χ1v) is 23.4. The number of benzene rings is 4. The van der Waals surface area contributed by atoms with E-state index in [0.717, 1.165) is 22.9 Å². The molecule has 1 atom stereocenters. The van der Waals surface area contributed by atoms with Crippen molar-refractivity contribution in [3.63, 3.8) is 0 Å². The second kappa shape index (κ2) is 16.4. The summed E-state index contributed by atoms with van der Waals surface area (Å²) in [6, 6.07) is 27.6. The SMILES string of the molecule is CCCC1C=C(C(C)(C)C)C=[C]1[Zr+2](=[C](c1cccc(Cl)c1)c1cccc(Cl)c1)[CH]1c2cc(C)c(C(C)(C)C)cc2-c2cc(C(C)(C)C)c(C)cc21.[Cl-].[Cl-]. The molecule has 0 N–H and O–H groups in total. The Labute approximate surface area is 350 Å². The van der Waals surface area contributed by atoms with Crippen LogP contribution in [0, 0.1) is 25.2 Å². The van der Waals surface area contributed by atoms with Crippen molar-refractivity contribution in [2.75, 3.05) is 0 Å². The summed E-state index contributed by atoms with van der Waals surface area (Å²) in [6.07, 6.45) is 7.60. The van der Waals surface area contributed by atoms with Gasteiger partial charge in [-0.15, -0.1) is 0 Å². The van der Waals surface area contributed by atoms with Crippen LogP contribution in [0.15, 0.2) is 93.8 Å². The third-order valence-corrected chi connectivity index (χ3v) is 19.9. The largest absolute Gasteiger partial charge is 1.00 e. The predicted octanol–water partition coefficient (Wildman–Crippen LogP) is 8.46. The van der Waals surface area contributed by atoms with E-state index in [2.05, 4.69) is 156 Å². The molecule has 4 aromatic rings. The average molecular weight is 866 g/mol. The van der Waals surface area contributed by atoms with Crippen molar-refractivity contribution in [1.82, 2.24) is 0 Å². The number of aryl methyl sites for hydroxylation is 2. The molecule has 1 unspecified atom stereocenters. The normalized spacial score (nSPS) is 15.4. The van der Waals surface area contributed by atoms with Gasteiger partial charge in [-0.3, -0.25) is 0 Å². The molecule has 0 amide bonds. The van der Waals surface area contributed by atoms with Gasteiger partial charge in [0.2, 0.25) is 0 Å². The van der Waals surface area contributed by atoms with E-state index in [9.17, 15) is 0 Å². The molecule has 5 heteroatoms. The van der Waals surface area contributed by atoms with E-state index in [4.69, 9.17) is 23.2 Å². The van der Waals surface area contributed by atoms with Gasteiger partial charge in [0, 0.05) is 0 Å². The average Bonchev–Trinajstić information content (AvgIpc) is 3.57. The molecule has 0 saturated carbocycles. The fourth-order valence-electron chi connectivity index (χ4n) is 8.64. The minimum atomic E-state index is -3.09. The maximum Gasteiger partial charge on any atom is -1.00 e. The number of allylic oxidation sites excluding steroid dienone is 4. The Balaban J connectivity index is 0.00000314. The summed E-state index contributed by atoms with van der Waals surface area (Å²) < 4.78 is 3.47. The Bertz CT molecular complexity index is 1990. The van der Waals surface area contributed by atoms with Crippen LogP contribution in [0.5, 0.6) is 0 Å². The Morgan fingerprint density at radius 2 is 1.09 bits per heavy atom. The summed E-state index contributed by atoms with van der Waals surface area (Å²) in [5.74, 6) is 0.421. The van der Waals surface area contributed by atoms with Gasteiger partial charge in [-0.25, -0.2) is 0 Å². The van der Waals surface area contributed by atoms with E-state index in [1.54, 1.807) is 3.28 Å². The van der Waals surface area contributed by atoms with Crippen LogP contribution in [0.3, 0.4) is 0 Å². The molecular weight excluding hydrogens is 810 g/mol. The summed E-state index contributed by atoms with van der Waals surface area (Å²) in [5.41, 5.74) is 15.6. The molecule has 53 heavy (non-hydrogen) atoms. The van der Waals surface area contributed by atoms with Crippen LogP contribution in [-0.4, -0.2) is 3.21 Å². The van der Waals surface area contributed by atoms with E-state index < -0.39 is 21.3 Å². The van der Waals surface area contributed by atoms with Gasteiger partial charge in [-0.1, -0.05) is 0 Å². The van der Waals surface area contributed by atoms with Gasteiger partial charge in [-0.05, 0) is 0 Å². The van der Waals surface area contributed by atoms with Gasteiger partial charge in [0.1, 0.15) is 0 Å². The van der Waals surface area contributed by atoms with E-state index in [0.29, 0.717) is 9.54 Å². The molecule has 0 nitrogen and oxygen atoms in total. The standard InChI is InChI=1S/C23H29.C13H8Cl2.C12H19.2ClH.Zr/c1-14-9-16-11-17-10-15(2)21(23(6,7)8)13-19(17)18(16)12-20(14)22(3,4)5;14-12-5-1-3-10(8-12)7-11-4-2-6-13(15)9-11;1-5-6-10-7-8-11(9-10)12(2,3)4;;;/h9-13H,1-8H3;1-6,8-9H;8-10H,5-6H2,1-4H3;2*1H;/q;;;;;+2/p-2. The molecule has 0 saturated heterocycles. The molecule has 4 aromatic carbocycles. The van der Waals surface area contributed by atoms with Gasteiger partial charge < -0.3 is 24.8 Å². The van der Waals surface area contributed by atoms with Gasteiger partial charge in [0.15, 0.2) is 0 Å². The van der Waals surface area contributed by atoms with Crippen LogP contribution < -0.4 is 24.8 Å². The quantitative estimate of drug-likeness (QED) is 0.183. The van der Waals surface area contributed by atoms with Crippen LogP contribution >= 0.6 is 23.2 Å². The molecule has 2 aliphatic carbocycles. The summed E-state index contributed by atoms with van der Waals surface area (Å²) >= 11 is 10.7. The third kappa shape index (κ3) is 8.82. The Morgan fingerprint density at radius 1 is 0.642 bits per heavy atom. The predicted molar refractivity (Wildman–Crippen MR) is 221 cm³/mol. The monoisotopic (exact) mass is 862 g/mol. The van der Waals surface area contributed by atoms with Gasteiger partial charge in [-0.2, -0.15) is 0 Å². The first-order valence-electron chi connectivity index (χ1n) is 18.8. The van der Waals surface area contributed by atoms with Gasteiger partial charge >= 0.3 is 329 Å². The molecule has 0 bridgehead atoms. The minimum absolute atomic E-state index is 0. The number of halogens is 4. The number of hydrogen-bond acceptors (Lipinski definition) is 0. The van der Waals surface area contributed by atoms with Gasteiger partial charge in [0.05, 0.1) is 0 Å². The fraction of sp³-hybridized carbons (Fsp3) is 0.396. The van der Waals surface area contributed by atoms with Crippen molar-refractivity contribution in [2.45, 2.75) is 110 Å². The van der Waals surface area contributed by atoms with E-state index in [1.807, 2.05) is 12.1 Å². The Kier molecular flexibility index (Phi) is 13.6. The van der Waals surface area contributed by atoms with Crippen molar-refractivity contribution >= 4 is 26.4 Å². The zero-order chi connectivity index (χ0) is 37.2. The minimum Gasteiger partial charge on any atom is -1.00 e. The maximum atomic E-state index is 6.87. The van der Waals surface area contributed by atoms with Gasteiger partial charge in [0.25, 0.3) is 0 Å². The molecule has 0 heterocycles. The second-order valence-electron chi connectivity index (χ2n) is 18.1. The molecule has 6 rings (SSSR count). The first kappa shape index (κ1) is 44.0. The maximum absolute atomic E-state index is 6.87. The molecular formula is C48H56Cl4Zr. The summed E-state index contributed by atoms with van der Waals surface area (Å²) in [6.45, 7) is 28.3. The van der Waals surface area contributed by atoms with Crippen molar-refractivity contribution in [3.05, 3.63) is 148 Å². The van der Waals surface area contributed by atoms with Crippen molar-refractivity contribution in [2.24, 2.45) is 11.3 Å². The Morgan fingerprint density at radius 3 is 1.47 bits per heavy atom. The summed E-state index contributed by atoms with van der Waals surface area (Å²) in [5, 5.41) is 1.55. The van der Waals surface area contributed by atoms with E-state index >= 15 is 0 Å². The first-order chi connectivity index (χ1) is 23.8. The smallest absolute Gasteiger partial charge is 1.00 e. The number of rotatable bonds is 6. The third-order valence-electron chi connectivity index (χ3n) is 11.0. The molecule has 0 aromatic heterocycles. The topological polar surface area (TPSA) is 0 Å². The molecule has 0 fully saturated rings. The van der Waals surface area contributed by atoms with Crippen molar-refractivity contribution < 1.29 is 46.1 Å². The zero-order valence-corrected chi connectivity index (χ0v) is 39.1. The van der Waals surface area contributed by atoms with Crippen LogP contribution in [0.25, 0.3) is 11.1 Å². The van der Waals surface area contributed by atoms with Crippen molar-refractivity contribution in [1.29, 1.82) is 0 Å². The molecule has 0 aliphatic heterocycles. The van der Waals surface area contributed by atoms with E-state index in [1.165, 1.54) is 64.4 Å². The number of hydrogen-bond donors (Lipinski definition) is 0. The second-order valence-corrected chi connectivity index (χ2v) is 25.1. The Hall–Kier alpha value is -1.73. The van der Waals surface area contributed by atoms with E-state index in [-0.39, 0.29) is 41.1 Å². The summed E-state index contributed by atoms with van der Waals surface area (Å²) in [4.78, 5) is 0. The zero-order valence-electron chi connectivity index (χ0n) is 33.7. The molecule has 0 radical (unpaired) electrons. The van der Waals surface area contributed by atoms with Crippen LogP contribution in [0.2, 0.25) is 10.0 Å². The van der Waals surface area contributed by atoms with Crippen LogP contribution in [0.1, 0.15) is 130 Å². The number of fused-ring (bicyclic) bond motifs is 3. The summed E-state index contributed by atoms with van der Waals surface area (Å²) in [7, 11) is 0. The van der Waals surface area contributed by atoms with Crippen LogP contribution in [0.4, 0.5) is 0 Å². The fourth-order valence-corrected chi connectivity index (χ4v) is 18.6. The van der Waals surface area contributed by atoms with Crippen molar-refractivity contribution in [3.8, 4) is 11.1 Å².